The minimum absolute atomic E-state index is 0.179. The second-order valence-corrected chi connectivity index (χ2v) is 8.00. The standard InChI is InChI=1S/C19H18ClFN4OS/c1-11-15(17(20)25(24-11)14-8-6-12(21)7-9-14)10-16-18(26)23-19(27-16)22-13-4-2-3-5-13/h6-10,13H,2-5H2,1H3,(H,22,23,26)/b16-10-. The van der Waals surface area contributed by atoms with Gasteiger partial charge >= 0.3 is 0 Å². The summed E-state index contributed by atoms with van der Waals surface area (Å²) < 4.78 is 14.7. The molecule has 0 spiro atoms. The number of benzene rings is 1. The van der Waals surface area contributed by atoms with Crippen LogP contribution >= 0.6 is 23.4 Å². The van der Waals surface area contributed by atoms with Gasteiger partial charge in [0.1, 0.15) is 11.0 Å². The van der Waals surface area contributed by atoms with Crippen LogP contribution in [0.4, 0.5) is 4.39 Å². The van der Waals surface area contributed by atoms with E-state index in [2.05, 4.69) is 15.4 Å². The number of aryl methyl sites for hydroxylation is 1. The summed E-state index contributed by atoms with van der Waals surface area (Å²) in [5.41, 5.74) is 2.01. The lowest BCUT2D eigenvalue weighted by molar-refractivity contribution is -0.115. The van der Waals surface area contributed by atoms with Gasteiger partial charge in [0.2, 0.25) is 0 Å². The van der Waals surface area contributed by atoms with E-state index in [-0.39, 0.29) is 11.7 Å². The van der Waals surface area contributed by atoms with Gasteiger partial charge in [-0.25, -0.2) is 9.07 Å². The number of rotatable bonds is 3. The zero-order valence-corrected chi connectivity index (χ0v) is 16.3. The molecule has 1 saturated carbocycles. The smallest absolute Gasteiger partial charge is 0.264 e. The SMILES string of the molecule is Cc1nn(-c2ccc(F)cc2)c(Cl)c1/C=C1\SC(=NC2CCCC2)NC1=O. The fourth-order valence-electron chi connectivity index (χ4n) is 3.25. The van der Waals surface area contributed by atoms with Crippen molar-refractivity contribution in [3.05, 3.63) is 51.4 Å². The Morgan fingerprint density at radius 1 is 1.33 bits per heavy atom. The van der Waals surface area contributed by atoms with Crippen LogP contribution in [0.3, 0.4) is 0 Å². The van der Waals surface area contributed by atoms with Crippen molar-refractivity contribution in [2.75, 3.05) is 0 Å². The Balaban J connectivity index is 1.62. The Morgan fingerprint density at radius 2 is 2.04 bits per heavy atom. The number of aromatic nitrogens is 2. The maximum atomic E-state index is 13.2. The van der Waals surface area contributed by atoms with Crippen LogP contribution in [0.25, 0.3) is 11.8 Å². The molecular weight excluding hydrogens is 387 g/mol. The summed E-state index contributed by atoms with van der Waals surface area (Å²) in [4.78, 5) is 17.5. The van der Waals surface area contributed by atoms with Gasteiger partial charge < -0.3 is 5.32 Å². The third-order valence-electron chi connectivity index (χ3n) is 4.67. The highest BCUT2D eigenvalue weighted by Gasteiger charge is 2.27. The quantitative estimate of drug-likeness (QED) is 0.767. The molecule has 4 rings (SSSR count). The molecule has 0 bridgehead atoms. The summed E-state index contributed by atoms with van der Waals surface area (Å²) in [5.74, 6) is -0.504. The zero-order valence-electron chi connectivity index (χ0n) is 14.7. The average molecular weight is 405 g/mol. The van der Waals surface area contributed by atoms with Gasteiger partial charge in [-0.1, -0.05) is 24.4 Å². The molecule has 1 aromatic carbocycles. The lowest BCUT2D eigenvalue weighted by Gasteiger charge is -2.02. The van der Waals surface area contributed by atoms with Crippen molar-refractivity contribution in [1.82, 2.24) is 15.1 Å². The van der Waals surface area contributed by atoms with Crippen LogP contribution < -0.4 is 5.32 Å². The van der Waals surface area contributed by atoms with Gasteiger partial charge in [0.25, 0.3) is 5.91 Å². The van der Waals surface area contributed by atoms with E-state index in [9.17, 15) is 9.18 Å². The van der Waals surface area contributed by atoms with Crippen LogP contribution in [-0.4, -0.2) is 26.9 Å². The highest BCUT2D eigenvalue weighted by Crippen LogP contribution is 2.32. The molecule has 1 amide bonds. The first-order chi connectivity index (χ1) is 13.0. The Morgan fingerprint density at radius 3 is 2.74 bits per heavy atom. The summed E-state index contributed by atoms with van der Waals surface area (Å²) in [5, 5.41) is 8.28. The molecule has 2 aromatic rings. The van der Waals surface area contributed by atoms with Crippen LogP contribution in [0.15, 0.2) is 34.2 Å². The molecule has 5 nitrogen and oxygen atoms in total. The van der Waals surface area contributed by atoms with E-state index < -0.39 is 0 Å². The van der Waals surface area contributed by atoms with E-state index in [0.29, 0.717) is 38.2 Å². The summed E-state index contributed by atoms with van der Waals surface area (Å²) in [7, 11) is 0. The number of nitrogens with zero attached hydrogens (tertiary/aromatic N) is 3. The molecule has 1 N–H and O–H groups in total. The van der Waals surface area contributed by atoms with Crippen LogP contribution in [0.2, 0.25) is 5.15 Å². The largest absolute Gasteiger partial charge is 0.301 e. The number of amidine groups is 1. The Bertz CT molecular complexity index is 945. The number of carbonyl (C=O) groups is 1. The number of halogens is 2. The number of amides is 1. The third kappa shape index (κ3) is 3.80. The molecule has 27 heavy (non-hydrogen) atoms. The number of hydrogen-bond donors (Lipinski definition) is 1. The van der Waals surface area contributed by atoms with Crippen molar-refractivity contribution >= 4 is 40.5 Å². The van der Waals surface area contributed by atoms with Crippen molar-refractivity contribution in [2.24, 2.45) is 4.99 Å². The van der Waals surface area contributed by atoms with E-state index in [1.165, 1.54) is 41.4 Å². The topological polar surface area (TPSA) is 59.3 Å². The van der Waals surface area contributed by atoms with E-state index in [1.807, 2.05) is 6.92 Å². The molecule has 1 aliphatic heterocycles. The summed E-state index contributed by atoms with van der Waals surface area (Å²) in [6.07, 6.45) is 6.28. The van der Waals surface area contributed by atoms with Crippen molar-refractivity contribution in [1.29, 1.82) is 0 Å². The van der Waals surface area contributed by atoms with Gasteiger partial charge in [0.15, 0.2) is 5.17 Å². The van der Waals surface area contributed by atoms with Crippen molar-refractivity contribution in [2.45, 2.75) is 38.6 Å². The third-order valence-corrected chi connectivity index (χ3v) is 5.96. The van der Waals surface area contributed by atoms with Crippen LogP contribution in [0.5, 0.6) is 0 Å². The Kier molecular flexibility index (Phi) is 5.06. The summed E-state index contributed by atoms with van der Waals surface area (Å²) in [6.45, 7) is 1.82. The molecule has 0 atom stereocenters. The maximum Gasteiger partial charge on any atom is 0.264 e. The lowest BCUT2D eigenvalue weighted by atomic mass is 10.2. The minimum atomic E-state index is -0.325. The Hall–Kier alpha value is -2.12. The van der Waals surface area contributed by atoms with Gasteiger partial charge in [0.05, 0.1) is 22.3 Å². The molecule has 2 aliphatic rings. The number of carbonyl (C=O) groups excluding carboxylic acids is 1. The van der Waals surface area contributed by atoms with E-state index in [1.54, 1.807) is 18.2 Å². The average Bonchev–Trinajstić information content (AvgIpc) is 3.33. The summed E-state index contributed by atoms with van der Waals surface area (Å²) in [6, 6.07) is 6.22. The van der Waals surface area contributed by atoms with Gasteiger partial charge in [-0.2, -0.15) is 5.10 Å². The molecular formula is C19H18ClFN4OS. The molecule has 0 unspecified atom stereocenters. The van der Waals surface area contributed by atoms with Crippen LogP contribution in [0, 0.1) is 12.7 Å². The van der Waals surface area contributed by atoms with E-state index in [4.69, 9.17) is 11.6 Å². The second kappa shape index (κ2) is 7.48. The molecule has 1 aliphatic carbocycles. The van der Waals surface area contributed by atoms with Gasteiger partial charge in [0, 0.05) is 5.56 Å². The maximum absolute atomic E-state index is 13.2. The van der Waals surface area contributed by atoms with Crippen molar-refractivity contribution < 1.29 is 9.18 Å². The first-order valence-electron chi connectivity index (χ1n) is 8.81. The molecule has 8 heteroatoms. The van der Waals surface area contributed by atoms with E-state index in [0.717, 1.165) is 12.8 Å². The minimum Gasteiger partial charge on any atom is -0.301 e. The fourth-order valence-corrected chi connectivity index (χ4v) is 4.45. The monoisotopic (exact) mass is 404 g/mol. The molecule has 2 heterocycles. The van der Waals surface area contributed by atoms with Gasteiger partial charge in [-0.3, -0.25) is 9.79 Å². The first kappa shape index (κ1) is 18.3. The molecule has 1 saturated heterocycles. The van der Waals surface area contributed by atoms with Gasteiger partial charge in [-0.05, 0) is 61.9 Å². The lowest BCUT2D eigenvalue weighted by Crippen LogP contribution is -2.21. The number of hydrogen-bond acceptors (Lipinski definition) is 4. The highest BCUT2D eigenvalue weighted by molar-refractivity contribution is 8.18. The highest BCUT2D eigenvalue weighted by atomic mass is 35.5. The molecule has 0 radical (unpaired) electrons. The predicted molar refractivity (Wildman–Crippen MR) is 107 cm³/mol. The zero-order chi connectivity index (χ0) is 19.0. The van der Waals surface area contributed by atoms with Crippen molar-refractivity contribution in [3.8, 4) is 5.69 Å². The summed E-state index contributed by atoms with van der Waals surface area (Å²) >= 11 is 7.82. The number of aliphatic imine (C=N–C) groups is 1. The molecule has 140 valence electrons. The normalized spacial score (nSPS) is 20.8. The van der Waals surface area contributed by atoms with Crippen LogP contribution in [0.1, 0.15) is 36.9 Å². The number of nitrogens with one attached hydrogen (secondary N) is 1. The molecule has 2 fully saturated rings. The second-order valence-electron chi connectivity index (χ2n) is 6.62. The van der Waals surface area contributed by atoms with Gasteiger partial charge in [-0.15, -0.1) is 0 Å². The van der Waals surface area contributed by atoms with Crippen molar-refractivity contribution in [3.63, 3.8) is 0 Å². The Labute approximate surface area is 165 Å². The van der Waals surface area contributed by atoms with Crippen LogP contribution in [-0.2, 0) is 4.79 Å². The number of thioether (sulfide) groups is 1. The fraction of sp³-hybridized carbons (Fsp3) is 0.316. The predicted octanol–water partition coefficient (Wildman–Crippen LogP) is 4.48. The van der Waals surface area contributed by atoms with E-state index >= 15 is 0 Å². The first-order valence-corrected chi connectivity index (χ1v) is 10.0. The molecule has 1 aromatic heterocycles.